The van der Waals surface area contributed by atoms with E-state index in [1.54, 1.807) is 11.3 Å². The summed E-state index contributed by atoms with van der Waals surface area (Å²) in [6.07, 6.45) is 1.39. The van der Waals surface area contributed by atoms with Gasteiger partial charge in [0.05, 0.1) is 19.2 Å². The normalized spacial score (nSPS) is 21.8. The summed E-state index contributed by atoms with van der Waals surface area (Å²) in [6.45, 7) is 3.31. The summed E-state index contributed by atoms with van der Waals surface area (Å²) in [5.74, 6) is 0.227. The van der Waals surface area contributed by atoms with E-state index >= 15 is 0 Å². The molecule has 3 nitrogen and oxygen atoms in total. The Morgan fingerprint density at radius 2 is 2.09 bits per heavy atom. The fourth-order valence-corrected chi connectivity index (χ4v) is 3.51. The van der Waals surface area contributed by atoms with Crippen LogP contribution in [0.5, 0.6) is 0 Å². The summed E-state index contributed by atoms with van der Waals surface area (Å²) in [4.78, 5) is 15.8. The molecule has 4 heteroatoms. The third kappa shape index (κ3) is 3.57. The van der Waals surface area contributed by atoms with Crippen LogP contribution in [0.15, 0.2) is 47.8 Å². The van der Waals surface area contributed by atoms with Crippen molar-refractivity contribution in [3.63, 3.8) is 0 Å². The molecule has 2 unspecified atom stereocenters. The summed E-state index contributed by atoms with van der Waals surface area (Å²) in [6, 6.07) is 14.4. The number of carbonyl (C=O) groups excluding carboxylic acids is 1. The van der Waals surface area contributed by atoms with Crippen molar-refractivity contribution in [2.24, 2.45) is 0 Å². The Morgan fingerprint density at radius 3 is 2.82 bits per heavy atom. The van der Waals surface area contributed by atoms with Crippen LogP contribution in [-0.4, -0.2) is 30.0 Å². The van der Waals surface area contributed by atoms with Gasteiger partial charge in [0.25, 0.3) is 0 Å². The Labute approximate surface area is 135 Å². The molecule has 0 radical (unpaired) electrons. The second-order valence-corrected chi connectivity index (χ2v) is 6.74. The quantitative estimate of drug-likeness (QED) is 0.861. The fraction of sp³-hybridized carbons (Fsp3) is 0.389. The van der Waals surface area contributed by atoms with Crippen molar-refractivity contribution in [1.82, 2.24) is 4.90 Å². The number of morpholine rings is 1. The van der Waals surface area contributed by atoms with E-state index in [2.05, 4.69) is 30.5 Å². The van der Waals surface area contributed by atoms with Gasteiger partial charge < -0.3 is 9.64 Å². The molecule has 1 aromatic heterocycles. The number of amides is 1. The number of benzene rings is 1. The first-order valence-corrected chi connectivity index (χ1v) is 8.60. The van der Waals surface area contributed by atoms with E-state index in [4.69, 9.17) is 4.74 Å². The Balaban J connectivity index is 1.62. The van der Waals surface area contributed by atoms with Crippen LogP contribution >= 0.6 is 11.3 Å². The average molecular weight is 315 g/mol. The van der Waals surface area contributed by atoms with Crippen LogP contribution in [0, 0.1) is 0 Å². The number of thiophene rings is 1. The van der Waals surface area contributed by atoms with Crippen molar-refractivity contribution in [2.75, 3.05) is 13.2 Å². The van der Waals surface area contributed by atoms with Crippen LogP contribution in [0.1, 0.15) is 29.9 Å². The highest BCUT2D eigenvalue weighted by Gasteiger charge is 2.30. The monoisotopic (exact) mass is 315 g/mol. The highest BCUT2D eigenvalue weighted by atomic mass is 32.1. The summed E-state index contributed by atoms with van der Waals surface area (Å²) in [7, 11) is 0. The molecule has 1 saturated heterocycles. The lowest BCUT2D eigenvalue weighted by atomic mass is 10.1. The van der Waals surface area contributed by atoms with E-state index in [9.17, 15) is 4.79 Å². The minimum Gasteiger partial charge on any atom is -0.370 e. The van der Waals surface area contributed by atoms with Crippen molar-refractivity contribution in [3.05, 3.63) is 58.3 Å². The van der Waals surface area contributed by atoms with Gasteiger partial charge in [0.2, 0.25) is 5.91 Å². The molecule has 3 rings (SSSR count). The first-order valence-electron chi connectivity index (χ1n) is 7.72. The molecule has 0 aliphatic carbocycles. The average Bonchev–Trinajstić information content (AvgIpc) is 3.07. The van der Waals surface area contributed by atoms with E-state index in [1.165, 1.54) is 4.88 Å². The van der Waals surface area contributed by atoms with Gasteiger partial charge in [-0.2, -0.15) is 0 Å². The number of aryl methyl sites for hydroxylation is 1. The highest BCUT2D eigenvalue weighted by Crippen LogP contribution is 2.25. The van der Waals surface area contributed by atoms with Gasteiger partial charge in [0.15, 0.2) is 0 Å². The second-order valence-electron chi connectivity index (χ2n) is 5.71. The maximum atomic E-state index is 12.6. The van der Waals surface area contributed by atoms with Gasteiger partial charge in [-0.3, -0.25) is 4.79 Å². The van der Waals surface area contributed by atoms with Crippen LogP contribution in [-0.2, 0) is 16.0 Å². The number of rotatable bonds is 4. The summed E-state index contributed by atoms with van der Waals surface area (Å²) < 4.78 is 5.92. The van der Waals surface area contributed by atoms with Crippen molar-refractivity contribution in [3.8, 4) is 0 Å². The van der Waals surface area contributed by atoms with Gasteiger partial charge in [-0.1, -0.05) is 36.4 Å². The number of carbonyl (C=O) groups is 1. The van der Waals surface area contributed by atoms with Crippen LogP contribution < -0.4 is 0 Å². The zero-order valence-corrected chi connectivity index (χ0v) is 13.6. The Hall–Kier alpha value is -1.65. The molecule has 1 aromatic carbocycles. The third-order valence-corrected chi connectivity index (χ3v) is 5.03. The van der Waals surface area contributed by atoms with Gasteiger partial charge in [-0.05, 0) is 30.4 Å². The van der Waals surface area contributed by atoms with Crippen LogP contribution in [0.2, 0.25) is 0 Å². The van der Waals surface area contributed by atoms with Crippen molar-refractivity contribution < 1.29 is 9.53 Å². The Bertz CT molecular complexity index is 597. The molecular weight excluding hydrogens is 294 g/mol. The fourth-order valence-electron chi connectivity index (χ4n) is 2.80. The lowest BCUT2D eigenvalue weighted by molar-refractivity contribution is -0.144. The molecule has 1 aliphatic rings. The zero-order chi connectivity index (χ0) is 15.4. The molecule has 1 aliphatic heterocycles. The third-order valence-electron chi connectivity index (χ3n) is 4.09. The largest absolute Gasteiger partial charge is 0.370 e. The summed E-state index contributed by atoms with van der Waals surface area (Å²) in [5.41, 5.74) is 1.14. The molecule has 0 saturated carbocycles. The molecule has 1 fully saturated rings. The van der Waals surface area contributed by atoms with Gasteiger partial charge in [-0.15, -0.1) is 11.3 Å². The molecule has 22 heavy (non-hydrogen) atoms. The van der Waals surface area contributed by atoms with Crippen molar-refractivity contribution in [1.29, 1.82) is 0 Å². The smallest absolute Gasteiger partial charge is 0.223 e. The molecule has 0 bridgehead atoms. The lowest BCUT2D eigenvalue weighted by Crippen LogP contribution is -2.48. The topological polar surface area (TPSA) is 29.5 Å². The minimum atomic E-state index is -0.0110. The first kappa shape index (κ1) is 15.3. The van der Waals surface area contributed by atoms with Crippen molar-refractivity contribution in [2.45, 2.75) is 31.9 Å². The maximum Gasteiger partial charge on any atom is 0.223 e. The first-order chi connectivity index (χ1) is 10.7. The van der Waals surface area contributed by atoms with E-state index < -0.39 is 0 Å². The standard InChI is InChI=1S/C18H21NO2S/c1-14-13-21-17(15-6-3-2-4-7-15)12-19(14)18(20)10-9-16-8-5-11-22-16/h2-8,11,14,17H,9-10,12-13H2,1H3. The molecule has 2 atom stereocenters. The SMILES string of the molecule is CC1COC(c2ccccc2)CN1C(=O)CCc1cccs1. The number of hydrogen-bond acceptors (Lipinski definition) is 3. The molecule has 1 amide bonds. The molecule has 2 heterocycles. The highest BCUT2D eigenvalue weighted by molar-refractivity contribution is 7.09. The maximum absolute atomic E-state index is 12.6. The molecule has 116 valence electrons. The van der Waals surface area contributed by atoms with Crippen LogP contribution in [0.3, 0.4) is 0 Å². The Kier molecular flexibility index (Phi) is 4.90. The lowest BCUT2D eigenvalue weighted by Gasteiger charge is -2.38. The summed E-state index contributed by atoms with van der Waals surface area (Å²) in [5, 5.41) is 2.06. The van der Waals surface area contributed by atoms with Crippen LogP contribution in [0.25, 0.3) is 0 Å². The Morgan fingerprint density at radius 1 is 1.27 bits per heavy atom. The van der Waals surface area contributed by atoms with E-state index in [-0.39, 0.29) is 18.1 Å². The van der Waals surface area contributed by atoms with E-state index in [1.807, 2.05) is 29.2 Å². The van der Waals surface area contributed by atoms with Gasteiger partial charge in [-0.25, -0.2) is 0 Å². The van der Waals surface area contributed by atoms with Crippen molar-refractivity contribution >= 4 is 17.2 Å². The van der Waals surface area contributed by atoms with Crippen LogP contribution in [0.4, 0.5) is 0 Å². The van der Waals surface area contributed by atoms with Gasteiger partial charge in [0.1, 0.15) is 6.10 Å². The molecule has 0 N–H and O–H groups in total. The molecule has 2 aromatic rings. The van der Waals surface area contributed by atoms with E-state index in [0.29, 0.717) is 19.6 Å². The number of nitrogens with zero attached hydrogens (tertiary/aromatic N) is 1. The number of ether oxygens (including phenoxy) is 1. The molecule has 0 spiro atoms. The second kappa shape index (κ2) is 7.07. The van der Waals surface area contributed by atoms with E-state index in [0.717, 1.165) is 12.0 Å². The van der Waals surface area contributed by atoms with Gasteiger partial charge >= 0.3 is 0 Å². The predicted molar refractivity (Wildman–Crippen MR) is 89.0 cm³/mol. The number of hydrogen-bond donors (Lipinski definition) is 0. The summed E-state index contributed by atoms with van der Waals surface area (Å²) >= 11 is 1.71. The minimum absolute atomic E-state index is 0.0110. The molecular formula is C18H21NO2S. The zero-order valence-electron chi connectivity index (χ0n) is 12.8. The predicted octanol–water partition coefficient (Wildman–Crippen LogP) is 3.67. The van der Waals surface area contributed by atoms with Gasteiger partial charge in [0, 0.05) is 11.3 Å².